The number of ether oxygens (including phenoxy) is 2. The molecule has 0 saturated heterocycles. The topological polar surface area (TPSA) is 114 Å². The highest BCUT2D eigenvalue weighted by Crippen LogP contribution is 2.25. The number of aromatic nitrogens is 2. The smallest absolute Gasteiger partial charge is 0.293 e. The minimum absolute atomic E-state index is 0.0133. The molecular formula is C16H21N3O6Si. The molecule has 0 spiro atoms. The highest BCUT2D eigenvalue weighted by molar-refractivity contribution is 6.76. The summed E-state index contributed by atoms with van der Waals surface area (Å²) in [5, 5.41) is 15.5. The summed E-state index contributed by atoms with van der Waals surface area (Å²) >= 11 is 0. The molecule has 0 atom stereocenters. The average Bonchev–Trinajstić information content (AvgIpc) is 2.93. The summed E-state index contributed by atoms with van der Waals surface area (Å²) < 4.78 is 11.6. The predicted molar refractivity (Wildman–Crippen MR) is 96.8 cm³/mol. The quantitative estimate of drug-likeness (QED) is 0.156. The van der Waals surface area contributed by atoms with Gasteiger partial charge in [0.2, 0.25) is 5.78 Å². The van der Waals surface area contributed by atoms with Crippen LogP contribution in [0.4, 0.5) is 5.69 Å². The fourth-order valence-corrected chi connectivity index (χ4v) is 3.05. The Morgan fingerprint density at radius 1 is 1.38 bits per heavy atom. The summed E-state index contributed by atoms with van der Waals surface area (Å²) in [6.45, 7) is 7.10. The molecule has 0 aliphatic heterocycles. The van der Waals surface area contributed by atoms with Gasteiger partial charge in [0.15, 0.2) is 6.61 Å². The third kappa shape index (κ3) is 4.96. The third-order valence-corrected chi connectivity index (χ3v) is 5.41. The Morgan fingerprint density at radius 2 is 2.12 bits per heavy atom. The van der Waals surface area contributed by atoms with E-state index >= 15 is 0 Å². The number of carbonyl (C=O) groups is 2. The van der Waals surface area contributed by atoms with Crippen LogP contribution in [0.1, 0.15) is 10.5 Å². The van der Waals surface area contributed by atoms with Gasteiger partial charge in [0.05, 0.1) is 10.4 Å². The molecule has 1 aromatic heterocycles. The zero-order valence-corrected chi connectivity index (χ0v) is 15.9. The molecule has 0 bridgehead atoms. The molecule has 140 valence electrons. The van der Waals surface area contributed by atoms with Gasteiger partial charge in [-0.25, -0.2) is 4.68 Å². The van der Waals surface area contributed by atoms with Crippen LogP contribution < -0.4 is 0 Å². The first-order valence-electron chi connectivity index (χ1n) is 8.04. The molecule has 0 radical (unpaired) electrons. The van der Waals surface area contributed by atoms with Gasteiger partial charge in [-0.3, -0.25) is 19.7 Å². The van der Waals surface area contributed by atoms with E-state index in [1.165, 1.54) is 22.9 Å². The standard InChI is InChI=1S/C16H21N3O6Si/c1-26(2,3)7-6-24-10-18-14-5-4-12(19(22)23)8-13(14)16(17-18)15(21)9-25-11-20/h4-5,8,11H,6-7,9-10H2,1-3H3. The molecule has 0 aliphatic rings. The molecule has 0 aliphatic carbocycles. The number of benzene rings is 1. The molecule has 0 saturated carbocycles. The SMILES string of the molecule is C[Si](C)(C)CCOCn1nc(C(=O)COC=O)c2cc([N+](=O)[O-])ccc21. The van der Waals surface area contributed by atoms with Crippen molar-refractivity contribution >= 4 is 36.9 Å². The van der Waals surface area contributed by atoms with Crippen LogP contribution in [0, 0.1) is 10.1 Å². The molecule has 0 unspecified atom stereocenters. The van der Waals surface area contributed by atoms with E-state index in [0.29, 0.717) is 17.5 Å². The van der Waals surface area contributed by atoms with E-state index in [1.54, 1.807) is 0 Å². The minimum Gasteiger partial charge on any atom is -0.459 e. The lowest BCUT2D eigenvalue weighted by Crippen LogP contribution is -2.22. The van der Waals surface area contributed by atoms with Gasteiger partial charge in [-0.2, -0.15) is 5.10 Å². The van der Waals surface area contributed by atoms with Crippen molar-refractivity contribution in [2.45, 2.75) is 32.4 Å². The number of rotatable bonds is 10. The van der Waals surface area contributed by atoms with Crippen molar-refractivity contribution in [3.63, 3.8) is 0 Å². The summed E-state index contributed by atoms with van der Waals surface area (Å²) in [6, 6.07) is 5.14. The lowest BCUT2D eigenvalue weighted by molar-refractivity contribution is -0.384. The summed E-state index contributed by atoms with van der Waals surface area (Å²) in [4.78, 5) is 33.0. The maximum atomic E-state index is 12.2. The summed E-state index contributed by atoms with van der Waals surface area (Å²) in [5.41, 5.74) is 0.402. The molecule has 26 heavy (non-hydrogen) atoms. The Morgan fingerprint density at radius 3 is 2.73 bits per heavy atom. The number of hydrogen-bond donors (Lipinski definition) is 0. The Bertz CT molecular complexity index is 827. The number of carbonyl (C=O) groups excluding carboxylic acids is 2. The van der Waals surface area contributed by atoms with Crippen LogP contribution in [0.2, 0.25) is 25.7 Å². The van der Waals surface area contributed by atoms with Gasteiger partial charge < -0.3 is 9.47 Å². The van der Waals surface area contributed by atoms with Crippen molar-refractivity contribution in [2.75, 3.05) is 13.2 Å². The van der Waals surface area contributed by atoms with E-state index in [1.807, 2.05) is 0 Å². The predicted octanol–water partition coefficient (Wildman–Crippen LogP) is 2.61. The first-order valence-corrected chi connectivity index (χ1v) is 11.7. The Hall–Kier alpha value is -2.59. The van der Waals surface area contributed by atoms with Crippen LogP contribution in [-0.2, 0) is 21.0 Å². The number of nitro benzene ring substituents is 1. The highest BCUT2D eigenvalue weighted by Gasteiger charge is 2.20. The van der Waals surface area contributed by atoms with Crippen molar-refractivity contribution in [3.05, 3.63) is 34.0 Å². The van der Waals surface area contributed by atoms with Crippen LogP contribution in [0.25, 0.3) is 10.9 Å². The van der Waals surface area contributed by atoms with Gasteiger partial charge in [-0.1, -0.05) is 19.6 Å². The maximum Gasteiger partial charge on any atom is 0.293 e. The van der Waals surface area contributed by atoms with Gasteiger partial charge in [-0.15, -0.1) is 0 Å². The van der Waals surface area contributed by atoms with Crippen molar-refractivity contribution in [3.8, 4) is 0 Å². The summed E-state index contributed by atoms with van der Waals surface area (Å²) in [5.74, 6) is -0.538. The van der Waals surface area contributed by atoms with E-state index in [0.717, 1.165) is 6.04 Å². The van der Waals surface area contributed by atoms with Gasteiger partial charge in [0.1, 0.15) is 12.4 Å². The zero-order chi connectivity index (χ0) is 19.3. The van der Waals surface area contributed by atoms with E-state index in [-0.39, 0.29) is 24.6 Å². The van der Waals surface area contributed by atoms with Gasteiger partial charge in [0, 0.05) is 32.2 Å². The second-order valence-electron chi connectivity index (χ2n) is 6.99. The van der Waals surface area contributed by atoms with E-state index in [9.17, 15) is 19.7 Å². The number of nitrogens with zero attached hydrogens (tertiary/aromatic N) is 3. The fraction of sp³-hybridized carbons (Fsp3) is 0.438. The number of non-ortho nitro benzene ring substituents is 1. The number of fused-ring (bicyclic) bond motifs is 1. The van der Waals surface area contributed by atoms with Crippen molar-refractivity contribution in [2.24, 2.45) is 0 Å². The van der Waals surface area contributed by atoms with E-state index in [2.05, 4.69) is 29.5 Å². The van der Waals surface area contributed by atoms with E-state index < -0.39 is 25.4 Å². The Kier molecular flexibility index (Phi) is 6.21. The van der Waals surface area contributed by atoms with Gasteiger partial charge in [0.25, 0.3) is 12.2 Å². The molecule has 0 N–H and O–H groups in total. The van der Waals surface area contributed by atoms with Crippen LogP contribution in [0.15, 0.2) is 18.2 Å². The van der Waals surface area contributed by atoms with Crippen molar-refractivity contribution < 1.29 is 24.0 Å². The second-order valence-corrected chi connectivity index (χ2v) is 12.6. The fourth-order valence-electron chi connectivity index (χ4n) is 2.29. The summed E-state index contributed by atoms with van der Waals surface area (Å²) in [6.07, 6.45) is 0. The van der Waals surface area contributed by atoms with Crippen molar-refractivity contribution in [1.29, 1.82) is 0 Å². The van der Waals surface area contributed by atoms with Crippen LogP contribution >= 0.6 is 0 Å². The maximum absolute atomic E-state index is 12.2. The molecular weight excluding hydrogens is 358 g/mol. The molecule has 2 aromatic rings. The number of hydrogen-bond acceptors (Lipinski definition) is 7. The first-order chi connectivity index (χ1) is 12.2. The van der Waals surface area contributed by atoms with E-state index in [4.69, 9.17) is 4.74 Å². The lowest BCUT2D eigenvalue weighted by atomic mass is 10.1. The van der Waals surface area contributed by atoms with Crippen molar-refractivity contribution in [1.82, 2.24) is 9.78 Å². The van der Waals surface area contributed by atoms with Crippen LogP contribution in [-0.4, -0.2) is 48.2 Å². The monoisotopic (exact) mass is 379 g/mol. The molecule has 1 aromatic carbocycles. The van der Waals surface area contributed by atoms with Crippen LogP contribution in [0.5, 0.6) is 0 Å². The second kappa shape index (κ2) is 8.19. The molecule has 0 fully saturated rings. The number of ketones is 1. The molecule has 0 amide bonds. The minimum atomic E-state index is -1.23. The average molecular weight is 379 g/mol. The number of nitro groups is 1. The Labute approximate surface area is 151 Å². The first kappa shape index (κ1) is 19.7. The highest BCUT2D eigenvalue weighted by atomic mass is 28.3. The molecule has 9 nitrogen and oxygen atoms in total. The normalized spacial score (nSPS) is 11.5. The third-order valence-electron chi connectivity index (χ3n) is 3.70. The molecule has 2 rings (SSSR count). The molecule has 10 heteroatoms. The van der Waals surface area contributed by atoms with Gasteiger partial charge in [-0.05, 0) is 12.1 Å². The molecule has 1 heterocycles. The zero-order valence-electron chi connectivity index (χ0n) is 14.9. The number of Topliss-reactive ketones (excluding diaryl/α,β-unsaturated/α-hetero) is 1. The summed E-state index contributed by atoms with van der Waals surface area (Å²) in [7, 11) is -1.23. The van der Waals surface area contributed by atoms with Crippen LogP contribution in [0.3, 0.4) is 0 Å². The lowest BCUT2D eigenvalue weighted by Gasteiger charge is -2.15. The largest absolute Gasteiger partial charge is 0.459 e. The Balaban J connectivity index is 2.30. The van der Waals surface area contributed by atoms with Gasteiger partial charge >= 0.3 is 0 Å².